The van der Waals surface area contributed by atoms with E-state index in [0.717, 1.165) is 33.8 Å². The summed E-state index contributed by atoms with van der Waals surface area (Å²) in [6.07, 6.45) is 0. The van der Waals surface area contributed by atoms with Gasteiger partial charge >= 0.3 is 0 Å². The van der Waals surface area contributed by atoms with E-state index in [0.29, 0.717) is 17.5 Å². The molecule has 0 aliphatic carbocycles. The fourth-order valence-electron chi connectivity index (χ4n) is 3.49. The van der Waals surface area contributed by atoms with Gasteiger partial charge < -0.3 is 14.7 Å². The van der Waals surface area contributed by atoms with Gasteiger partial charge in [-0.15, -0.1) is 0 Å². The Hall–Kier alpha value is -3.93. The Balaban J connectivity index is 1.81. The molecule has 0 spiro atoms. The molecule has 0 atom stereocenters. The molecule has 0 N–H and O–H groups in total. The SMILES string of the molecule is CN(C)c1ccc(-c2nc(-c3ccc(N(C)C)cc3)nc(-c3ccc(N(C)C)cc3)n2)cc1. The third-order valence-electron chi connectivity index (χ3n) is 5.56. The molecule has 3 aromatic carbocycles. The van der Waals surface area contributed by atoms with Gasteiger partial charge in [-0.25, -0.2) is 15.0 Å². The highest BCUT2D eigenvalue weighted by Gasteiger charge is 2.13. The first-order valence-electron chi connectivity index (χ1n) is 10.9. The monoisotopic (exact) mass is 438 g/mol. The maximum Gasteiger partial charge on any atom is 0.164 e. The van der Waals surface area contributed by atoms with Crippen molar-refractivity contribution in [1.82, 2.24) is 15.0 Å². The van der Waals surface area contributed by atoms with Crippen LogP contribution in [0, 0.1) is 0 Å². The number of anilines is 3. The van der Waals surface area contributed by atoms with E-state index in [1.54, 1.807) is 0 Å². The van der Waals surface area contributed by atoms with Crippen molar-refractivity contribution in [3.05, 3.63) is 72.8 Å². The largest absolute Gasteiger partial charge is 0.378 e. The zero-order valence-electron chi connectivity index (χ0n) is 20.1. The Morgan fingerprint density at radius 2 is 0.576 bits per heavy atom. The van der Waals surface area contributed by atoms with Crippen LogP contribution < -0.4 is 14.7 Å². The van der Waals surface area contributed by atoms with Gasteiger partial charge in [-0.2, -0.15) is 0 Å². The van der Waals surface area contributed by atoms with E-state index in [4.69, 9.17) is 15.0 Å². The molecule has 1 heterocycles. The Kier molecular flexibility index (Phi) is 6.27. The smallest absolute Gasteiger partial charge is 0.164 e. The maximum atomic E-state index is 4.84. The van der Waals surface area contributed by atoms with Crippen LogP contribution in [0.1, 0.15) is 0 Å². The molecule has 0 aliphatic heterocycles. The van der Waals surface area contributed by atoms with Gasteiger partial charge in [0.1, 0.15) is 0 Å². The molecular weight excluding hydrogens is 408 g/mol. The molecule has 0 aliphatic rings. The fourth-order valence-corrected chi connectivity index (χ4v) is 3.49. The predicted molar refractivity (Wildman–Crippen MR) is 139 cm³/mol. The maximum absolute atomic E-state index is 4.84. The third kappa shape index (κ3) is 4.95. The van der Waals surface area contributed by atoms with Crippen molar-refractivity contribution < 1.29 is 0 Å². The minimum Gasteiger partial charge on any atom is -0.378 e. The van der Waals surface area contributed by atoms with Crippen LogP contribution in [0.2, 0.25) is 0 Å². The van der Waals surface area contributed by atoms with Crippen molar-refractivity contribution in [3.63, 3.8) is 0 Å². The Morgan fingerprint density at radius 3 is 0.758 bits per heavy atom. The van der Waals surface area contributed by atoms with Gasteiger partial charge in [-0.1, -0.05) is 0 Å². The van der Waals surface area contributed by atoms with Crippen molar-refractivity contribution in [2.45, 2.75) is 0 Å². The number of hydrogen-bond acceptors (Lipinski definition) is 6. The number of aromatic nitrogens is 3. The summed E-state index contributed by atoms with van der Waals surface area (Å²) in [6.45, 7) is 0. The molecule has 4 rings (SSSR count). The molecule has 0 radical (unpaired) electrons. The molecule has 0 saturated carbocycles. The van der Waals surface area contributed by atoms with E-state index in [2.05, 4.69) is 87.5 Å². The first-order chi connectivity index (χ1) is 15.8. The average Bonchev–Trinajstić information content (AvgIpc) is 2.84. The van der Waals surface area contributed by atoms with Crippen molar-refractivity contribution in [3.8, 4) is 34.2 Å². The van der Waals surface area contributed by atoms with Gasteiger partial charge in [0.05, 0.1) is 0 Å². The van der Waals surface area contributed by atoms with Crippen LogP contribution >= 0.6 is 0 Å². The summed E-state index contributed by atoms with van der Waals surface area (Å²) in [5, 5.41) is 0. The molecule has 6 nitrogen and oxygen atoms in total. The molecule has 0 saturated heterocycles. The van der Waals surface area contributed by atoms with Crippen molar-refractivity contribution in [2.75, 3.05) is 57.0 Å². The van der Waals surface area contributed by atoms with E-state index in [-0.39, 0.29) is 0 Å². The first-order valence-corrected chi connectivity index (χ1v) is 10.9. The summed E-state index contributed by atoms with van der Waals surface area (Å²) in [7, 11) is 12.2. The molecule has 168 valence electrons. The minimum absolute atomic E-state index is 0.661. The van der Waals surface area contributed by atoms with Gasteiger partial charge in [0, 0.05) is 76.0 Å². The highest BCUT2D eigenvalue weighted by Crippen LogP contribution is 2.27. The average molecular weight is 439 g/mol. The van der Waals surface area contributed by atoms with Crippen LogP contribution in [0.25, 0.3) is 34.2 Å². The normalized spacial score (nSPS) is 10.7. The first kappa shape index (κ1) is 22.3. The molecule has 0 fully saturated rings. The third-order valence-corrected chi connectivity index (χ3v) is 5.56. The summed E-state index contributed by atoms with van der Waals surface area (Å²) in [6, 6.07) is 24.8. The van der Waals surface area contributed by atoms with E-state index < -0.39 is 0 Å². The predicted octanol–water partition coefficient (Wildman–Crippen LogP) is 5.07. The van der Waals surface area contributed by atoms with Crippen LogP contribution in [0.5, 0.6) is 0 Å². The minimum atomic E-state index is 0.661. The lowest BCUT2D eigenvalue weighted by molar-refractivity contribution is 1.07. The summed E-state index contributed by atoms with van der Waals surface area (Å²) < 4.78 is 0. The lowest BCUT2D eigenvalue weighted by Crippen LogP contribution is -2.08. The number of benzene rings is 3. The number of hydrogen-bond donors (Lipinski definition) is 0. The van der Waals surface area contributed by atoms with Crippen LogP contribution in [0.15, 0.2) is 72.8 Å². The van der Waals surface area contributed by atoms with Crippen molar-refractivity contribution >= 4 is 17.1 Å². The number of rotatable bonds is 6. The van der Waals surface area contributed by atoms with Crippen LogP contribution in [-0.2, 0) is 0 Å². The van der Waals surface area contributed by atoms with Gasteiger partial charge in [0.25, 0.3) is 0 Å². The summed E-state index contributed by atoms with van der Waals surface area (Å²) in [5.41, 5.74) is 6.27. The highest BCUT2D eigenvalue weighted by molar-refractivity contribution is 5.69. The summed E-state index contributed by atoms with van der Waals surface area (Å²) in [5.74, 6) is 1.98. The molecule has 6 heteroatoms. The zero-order valence-corrected chi connectivity index (χ0v) is 20.1. The Labute approximate surface area is 196 Å². The van der Waals surface area contributed by atoms with Gasteiger partial charge in [-0.05, 0) is 72.8 Å². The summed E-state index contributed by atoms with van der Waals surface area (Å²) >= 11 is 0. The lowest BCUT2D eigenvalue weighted by Gasteiger charge is -2.14. The molecule has 4 aromatic rings. The van der Waals surface area contributed by atoms with Crippen LogP contribution in [-0.4, -0.2) is 57.2 Å². The second kappa shape index (κ2) is 9.28. The standard InChI is InChI=1S/C27H30N6/c1-31(2)22-13-7-19(8-14-22)25-28-26(20-9-15-23(16-10-20)32(3)4)30-27(29-25)21-11-17-24(18-12-21)33(5)6/h7-18H,1-6H3. The van der Waals surface area contributed by atoms with E-state index in [9.17, 15) is 0 Å². The number of nitrogens with zero attached hydrogens (tertiary/aromatic N) is 6. The van der Waals surface area contributed by atoms with Crippen LogP contribution in [0.3, 0.4) is 0 Å². The fraction of sp³-hybridized carbons (Fsp3) is 0.222. The van der Waals surface area contributed by atoms with Gasteiger partial charge in [0.2, 0.25) is 0 Å². The van der Waals surface area contributed by atoms with E-state index >= 15 is 0 Å². The van der Waals surface area contributed by atoms with Crippen LogP contribution in [0.4, 0.5) is 17.1 Å². The van der Waals surface area contributed by atoms with E-state index in [1.807, 2.05) is 42.3 Å². The van der Waals surface area contributed by atoms with E-state index in [1.165, 1.54) is 0 Å². The molecule has 1 aromatic heterocycles. The highest BCUT2D eigenvalue weighted by atomic mass is 15.1. The molecule has 0 amide bonds. The van der Waals surface area contributed by atoms with Gasteiger partial charge in [0.15, 0.2) is 17.5 Å². The van der Waals surface area contributed by atoms with Crippen molar-refractivity contribution in [2.24, 2.45) is 0 Å². The lowest BCUT2D eigenvalue weighted by atomic mass is 10.1. The Morgan fingerprint density at radius 1 is 0.364 bits per heavy atom. The second-order valence-electron chi connectivity index (χ2n) is 8.63. The molecule has 33 heavy (non-hydrogen) atoms. The summed E-state index contributed by atoms with van der Waals surface area (Å²) in [4.78, 5) is 20.7. The van der Waals surface area contributed by atoms with Crippen molar-refractivity contribution in [1.29, 1.82) is 0 Å². The second-order valence-corrected chi connectivity index (χ2v) is 8.63. The molecule has 0 unspecified atom stereocenters. The zero-order chi connectivity index (χ0) is 23.5. The Bertz CT molecular complexity index is 1040. The topological polar surface area (TPSA) is 48.4 Å². The van der Waals surface area contributed by atoms with Gasteiger partial charge in [-0.3, -0.25) is 0 Å². The molecular formula is C27H30N6. The quantitative estimate of drug-likeness (QED) is 0.419. The molecule has 0 bridgehead atoms.